The number of nitrogens with zero attached hydrogens (tertiary/aromatic N) is 1. The highest BCUT2D eigenvalue weighted by atomic mass is 16.2. The topological polar surface area (TPSA) is 67.5 Å². The van der Waals surface area contributed by atoms with Crippen LogP contribution in [-0.2, 0) is 0 Å². The summed E-state index contributed by atoms with van der Waals surface area (Å²) in [6.07, 6.45) is 4.33. The maximum atomic E-state index is 10.9. The molecule has 0 aliphatic heterocycles. The highest BCUT2D eigenvalue weighted by molar-refractivity contribution is 6.04. The van der Waals surface area contributed by atoms with Crippen molar-refractivity contribution in [1.82, 2.24) is 5.43 Å². The largest absolute Gasteiger partial charge is 0.350 e. The van der Waals surface area contributed by atoms with Crippen LogP contribution in [0.4, 0.5) is 4.79 Å². The summed E-state index contributed by atoms with van der Waals surface area (Å²) in [5, 5.41) is 4.23. The van der Waals surface area contributed by atoms with Gasteiger partial charge in [-0.25, -0.2) is 10.2 Å². The number of hydrogen-bond acceptors (Lipinski definition) is 2. The average molecular weight is 275 g/mol. The molecule has 0 bridgehead atoms. The van der Waals surface area contributed by atoms with Crippen LogP contribution >= 0.6 is 0 Å². The minimum absolute atomic E-state index is 0.493. The van der Waals surface area contributed by atoms with Crippen molar-refractivity contribution in [3.8, 4) is 0 Å². The molecule has 3 N–H and O–H groups in total. The summed E-state index contributed by atoms with van der Waals surface area (Å²) >= 11 is 0. The van der Waals surface area contributed by atoms with E-state index >= 15 is 0 Å². The fraction of sp³-hybridized carbons (Fsp3) is 0.625. The Morgan fingerprint density at radius 1 is 1.30 bits per heavy atom. The lowest BCUT2D eigenvalue weighted by Gasteiger charge is -2.18. The summed E-state index contributed by atoms with van der Waals surface area (Å²) in [5.41, 5.74) is 12.7. The third kappa shape index (κ3) is 2.94. The van der Waals surface area contributed by atoms with Crippen LogP contribution in [0.5, 0.6) is 0 Å². The monoisotopic (exact) mass is 275 g/mol. The van der Waals surface area contributed by atoms with Gasteiger partial charge >= 0.3 is 6.03 Å². The zero-order valence-corrected chi connectivity index (χ0v) is 12.7. The van der Waals surface area contributed by atoms with E-state index in [1.807, 2.05) is 0 Å². The van der Waals surface area contributed by atoms with Gasteiger partial charge in [0, 0.05) is 0 Å². The first-order chi connectivity index (χ1) is 9.40. The van der Waals surface area contributed by atoms with Gasteiger partial charge in [-0.15, -0.1) is 0 Å². The lowest BCUT2D eigenvalue weighted by molar-refractivity contribution is 0.249. The number of hydrogen-bond donors (Lipinski definition) is 2. The molecule has 3 atom stereocenters. The minimum atomic E-state index is -0.597. The molecule has 0 unspecified atom stereocenters. The Hall–Kier alpha value is -1.58. The van der Waals surface area contributed by atoms with E-state index in [0.29, 0.717) is 17.8 Å². The van der Waals surface area contributed by atoms with E-state index in [0.717, 1.165) is 25.0 Å². The quantitative estimate of drug-likeness (QED) is 0.589. The third-order valence-electron chi connectivity index (χ3n) is 4.66. The summed E-state index contributed by atoms with van der Waals surface area (Å²) in [6, 6.07) is -0.597. The van der Waals surface area contributed by atoms with Gasteiger partial charge in [-0.05, 0) is 55.9 Å². The molecule has 4 nitrogen and oxygen atoms in total. The molecule has 0 spiro atoms. The van der Waals surface area contributed by atoms with E-state index < -0.39 is 6.03 Å². The van der Waals surface area contributed by atoms with E-state index in [4.69, 9.17) is 5.73 Å². The van der Waals surface area contributed by atoms with Gasteiger partial charge in [-0.1, -0.05) is 31.6 Å². The van der Waals surface area contributed by atoms with Gasteiger partial charge in [0.05, 0.1) is 5.71 Å². The Morgan fingerprint density at radius 3 is 2.60 bits per heavy atom. The van der Waals surface area contributed by atoms with Gasteiger partial charge in [0.2, 0.25) is 0 Å². The van der Waals surface area contributed by atoms with Gasteiger partial charge in [0.25, 0.3) is 0 Å². The molecule has 0 saturated carbocycles. The Bertz CT molecular complexity index is 490. The predicted molar refractivity (Wildman–Crippen MR) is 82.3 cm³/mol. The molecular weight excluding hydrogens is 250 g/mol. The number of carbonyl (C=O) groups is 1. The number of primary amides is 1. The number of carbonyl (C=O) groups excluding carboxylic acids is 1. The first-order valence-electron chi connectivity index (χ1n) is 7.40. The minimum Gasteiger partial charge on any atom is -0.350 e. The average Bonchev–Trinajstić information content (AvgIpc) is 2.55. The molecule has 4 heteroatoms. The maximum absolute atomic E-state index is 10.9. The number of hydrazone groups is 1. The van der Waals surface area contributed by atoms with E-state index in [9.17, 15) is 4.79 Å². The Kier molecular flexibility index (Phi) is 4.31. The number of allylic oxidation sites excluding steroid dienone is 3. The van der Waals surface area contributed by atoms with Crippen molar-refractivity contribution in [3.05, 3.63) is 23.3 Å². The molecule has 0 fully saturated rings. The second-order valence-corrected chi connectivity index (χ2v) is 6.30. The molecule has 0 aromatic heterocycles. The molecule has 110 valence electrons. The Morgan fingerprint density at radius 2 is 2.00 bits per heavy atom. The van der Waals surface area contributed by atoms with Crippen LogP contribution in [0.15, 0.2) is 28.4 Å². The van der Waals surface area contributed by atoms with Gasteiger partial charge in [0.1, 0.15) is 0 Å². The van der Waals surface area contributed by atoms with Crippen LogP contribution in [0.1, 0.15) is 46.5 Å². The molecule has 0 heterocycles. The highest BCUT2D eigenvalue weighted by Crippen LogP contribution is 2.44. The molecule has 2 amide bonds. The molecule has 2 rings (SSSR count). The fourth-order valence-electron chi connectivity index (χ4n) is 3.50. The molecule has 0 saturated heterocycles. The lowest BCUT2D eigenvalue weighted by Crippen LogP contribution is -2.26. The van der Waals surface area contributed by atoms with Gasteiger partial charge in [0.15, 0.2) is 0 Å². The van der Waals surface area contributed by atoms with Crippen molar-refractivity contribution in [2.45, 2.75) is 46.5 Å². The number of urea groups is 1. The van der Waals surface area contributed by atoms with Crippen LogP contribution in [0.25, 0.3) is 0 Å². The molecule has 2 aliphatic rings. The van der Waals surface area contributed by atoms with Crippen LogP contribution in [-0.4, -0.2) is 11.7 Å². The molecule has 2 aliphatic carbocycles. The Balaban J connectivity index is 2.32. The van der Waals surface area contributed by atoms with Crippen molar-refractivity contribution in [2.24, 2.45) is 28.6 Å². The van der Waals surface area contributed by atoms with Gasteiger partial charge in [-0.3, -0.25) is 0 Å². The van der Waals surface area contributed by atoms with E-state index in [2.05, 4.69) is 37.9 Å². The second-order valence-electron chi connectivity index (χ2n) is 6.30. The van der Waals surface area contributed by atoms with E-state index in [-0.39, 0.29) is 0 Å². The molecule has 20 heavy (non-hydrogen) atoms. The summed E-state index contributed by atoms with van der Waals surface area (Å²) in [4.78, 5) is 10.9. The zero-order chi connectivity index (χ0) is 14.9. The molecule has 0 radical (unpaired) electrons. The van der Waals surface area contributed by atoms with Gasteiger partial charge in [-0.2, -0.15) is 5.10 Å². The number of amides is 2. The standard InChI is InChI=1S/C16H25N3O/c1-9(2)12-6-5-10(3)15-13(8-12)11(4)7-14(15)18-19-16(17)20/h10-12H,1,5-8H2,2-4H3,(H3,17,19,20)/t10-,11-,12+/m0/s1. The van der Waals surface area contributed by atoms with Crippen LogP contribution in [0.2, 0.25) is 0 Å². The number of rotatable bonds is 2. The fourth-order valence-corrected chi connectivity index (χ4v) is 3.50. The van der Waals surface area contributed by atoms with Crippen molar-refractivity contribution < 1.29 is 4.79 Å². The van der Waals surface area contributed by atoms with Crippen molar-refractivity contribution in [2.75, 3.05) is 0 Å². The zero-order valence-electron chi connectivity index (χ0n) is 12.7. The lowest BCUT2D eigenvalue weighted by atomic mass is 9.87. The first kappa shape index (κ1) is 14.8. The summed E-state index contributed by atoms with van der Waals surface area (Å²) in [5.74, 6) is 1.57. The second kappa shape index (κ2) is 5.81. The first-order valence-corrected chi connectivity index (χ1v) is 7.40. The van der Waals surface area contributed by atoms with Crippen LogP contribution in [0.3, 0.4) is 0 Å². The highest BCUT2D eigenvalue weighted by Gasteiger charge is 2.34. The molecular formula is C16H25N3O. The van der Waals surface area contributed by atoms with E-state index in [1.54, 1.807) is 0 Å². The van der Waals surface area contributed by atoms with Crippen molar-refractivity contribution in [3.63, 3.8) is 0 Å². The molecule has 0 aromatic rings. The SMILES string of the molecule is C=C(C)[C@@H]1CC[C@H](C)C2=C(C1)[C@@H](C)CC2=NNC(N)=O. The van der Waals surface area contributed by atoms with Gasteiger partial charge < -0.3 is 5.73 Å². The van der Waals surface area contributed by atoms with Crippen LogP contribution in [0, 0.1) is 17.8 Å². The summed E-state index contributed by atoms with van der Waals surface area (Å²) in [7, 11) is 0. The van der Waals surface area contributed by atoms with Crippen molar-refractivity contribution in [1.29, 1.82) is 0 Å². The number of nitrogens with one attached hydrogen (secondary N) is 1. The predicted octanol–water partition coefficient (Wildman–Crippen LogP) is 3.36. The maximum Gasteiger partial charge on any atom is 0.332 e. The van der Waals surface area contributed by atoms with Crippen molar-refractivity contribution >= 4 is 11.7 Å². The third-order valence-corrected chi connectivity index (χ3v) is 4.66. The smallest absolute Gasteiger partial charge is 0.332 e. The summed E-state index contributed by atoms with van der Waals surface area (Å²) < 4.78 is 0. The normalized spacial score (nSPS) is 31.9. The Labute approximate surface area is 121 Å². The van der Waals surface area contributed by atoms with E-state index in [1.165, 1.54) is 23.1 Å². The summed E-state index contributed by atoms with van der Waals surface area (Å²) in [6.45, 7) is 10.8. The molecule has 0 aromatic carbocycles. The van der Waals surface area contributed by atoms with Crippen LogP contribution < -0.4 is 11.2 Å². The number of nitrogens with two attached hydrogens (primary N) is 1.